The number of rotatable bonds is 8. The van der Waals surface area contributed by atoms with Gasteiger partial charge in [-0.3, -0.25) is 0 Å². The second-order valence-corrected chi connectivity index (χ2v) is 19.4. The van der Waals surface area contributed by atoms with Crippen LogP contribution in [-0.4, -0.2) is 39.6 Å². The summed E-state index contributed by atoms with van der Waals surface area (Å²) in [5, 5.41) is 7.28. The second-order valence-electron chi connectivity index (χ2n) is 12.6. The number of fused-ring (bicyclic) bond motifs is 2. The predicted octanol–water partition coefficient (Wildman–Crippen LogP) is 4.30. The number of aromatic nitrogens is 1. The van der Waals surface area contributed by atoms with Gasteiger partial charge in [-0.15, -0.1) is 6.07 Å². The van der Waals surface area contributed by atoms with Crippen LogP contribution in [-0.2, 0) is 21.1 Å². The first kappa shape index (κ1) is 35.2. The van der Waals surface area contributed by atoms with Gasteiger partial charge in [0.15, 0.2) is 0 Å². The SMILES string of the molecule is CN=[C-]N1c2[c-]c(Oc3cccc([Si](O)(c4ccccc4)c4ccccc4)n3)ccc2[Si](c2ccccc2)(c2ccccc2)c2cccc(C)c21.[Pt+2]. The van der Waals surface area contributed by atoms with Crippen molar-refractivity contribution in [2.45, 2.75) is 6.92 Å². The normalized spacial score (nSPS) is 13.2. The molecular formula is C44H35N3O2PtSi2. The van der Waals surface area contributed by atoms with Gasteiger partial charge in [-0.2, -0.15) is 23.0 Å². The zero-order chi connectivity index (χ0) is 34.8. The Balaban J connectivity index is 0.00000420. The molecule has 1 aromatic heterocycles. The summed E-state index contributed by atoms with van der Waals surface area (Å²) in [5.41, 5.74) is 3.03. The second kappa shape index (κ2) is 14.8. The van der Waals surface area contributed by atoms with Gasteiger partial charge < -0.3 is 19.4 Å². The van der Waals surface area contributed by atoms with Crippen LogP contribution in [0.2, 0.25) is 0 Å². The molecule has 0 radical (unpaired) electrons. The first-order valence-corrected chi connectivity index (χ1v) is 20.9. The van der Waals surface area contributed by atoms with E-state index in [1.54, 1.807) is 7.05 Å². The quantitative estimate of drug-likeness (QED) is 0.107. The van der Waals surface area contributed by atoms with Gasteiger partial charge in [0.1, 0.15) is 8.07 Å². The average Bonchev–Trinajstić information content (AvgIpc) is 3.19. The van der Waals surface area contributed by atoms with Gasteiger partial charge in [-0.05, 0) is 23.4 Å². The maximum atomic E-state index is 12.6. The number of aliphatic imine (C=N–C) groups is 1. The average molecular weight is 889 g/mol. The molecule has 0 saturated heterocycles. The van der Waals surface area contributed by atoms with E-state index in [1.807, 2.05) is 89.8 Å². The predicted molar refractivity (Wildman–Crippen MR) is 213 cm³/mol. The molecule has 0 spiro atoms. The van der Waals surface area contributed by atoms with E-state index in [-0.39, 0.29) is 21.1 Å². The van der Waals surface area contributed by atoms with E-state index in [0.29, 0.717) is 16.9 Å². The zero-order valence-corrected chi connectivity index (χ0v) is 33.0. The van der Waals surface area contributed by atoms with Crippen molar-refractivity contribution >= 4 is 70.5 Å². The summed E-state index contributed by atoms with van der Waals surface area (Å²) in [7, 11) is -4.55. The van der Waals surface area contributed by atoms with Crippen LogP contribution in [0.5, 0.6) is 11.6 Å². The molecule has 1 N–H and O–H groups in total. The molecule has 1 aliphatic rings. The van der Waals surface area contributed by atoms with Gasteiger partial charge in [0.25, 0.3) is 0 Å². The van der Waals surface area contributed by atoms with Crippen LogP contribution in [0.15, 0.2) is 175 Å². The van der Waals surface area contributed by atoms with E-state index in [1.165, 1.54) is 15.6 Å². The molecule has 7 aromatic rings. The van der Waals surface area contributed by atoms with Crippen LogP contribution < -0.4 is 46.1 Å². The fraction of sp³-hybridized carbons (Fsp3) is 0.0455. The van der Waals surface area contributed by atoms with Gasteiger partial charge >= 0.3 is 29.4 Å². The fourth-order valence-electron chi connectivity index (χ4n) is 7.49. The molecular weight excluding hydrogens is 854 g/mol. The Morgan fingerprint density at radius 3 is 1.81 bits per heavy atom. The summed E-state index contributed by atoms with van der Waals surface area (Å²) in [6.45, 7) is 2.14. The molecule has 0 bridgehead atoms. The van der Waals surface area contributed by atoms with Crippen molar-refractivity contribution in [3.8, 4) is 11.6 Å². The summed E-state index contributed by atoms with van der Waals surface area (Å²) in [5.74, 6) is 0.884. The molecule has 0 amide bonds. The van der Waals surface area contributed by atoms with Gasteiger partial charge in [0.2, 0.25) is 5.88 Å². The minimum atomic E-state index is -3.44. The van der Waals surface area contributed by atoms with Crippen molar-refractivity contribution in [1.29, 1.82) is 0 Å². The molecule has 2 heterocycles. The Morgan fingerprint density at radius 1 is 0.673 bits per heavy atom. The molecule has 1 aliphatic heterocycles. The zero-order valence-electron chi connectivity index (χ0n) is 28.7. The standard InChI is InChI=1S/C44H35N3O2Si2.Pt/c1-33-17-15-26-41-44(33)47(32-45-2)39-31-34(29-30-40(39)50(41,35-18-7-3-8-19-35)36-20-9-4-10-21-36)49-42-27-16-28-43(46-42)51(48,37-22-11-5-12-23-37)38-24-13-6-14-25-38;/h3-30,48H,1-2H3;/q-2;+2. The van der Waals surface area contributed by atoms with Gasteiger partial charge in [0, 0.05) is 25.2 Å². The third-order valence-corrected chi connectivity index (χ3v) is 17.9. The third kappa shape index (κ3) is 5.90. The number of nitrogens with zero attached hydrogens (tertiary/aromatic N) is 3. The minimum Gasteiger partial charge on any atom is -0.483 e. The molecule has 6 aromatic carbocycles. The summed E-state index contributed by atoms with van der Waals surface area (Å²) in [6.07, 6.45) is 3.29. The smallest absolute Gasteiger partial charge is 0.483 e. The summed E-state index contributed by atoms with van der Waals surface area (Å²) >= 11 is 0. The van der Waals surface area contributed by atoms with E-state index in [0.717, 1.165) is 32.5 Å². The van der Waals surface area contributed by atoms with E-state index >= 15 is 0 Å². The molecule has 256 valence electrons. The van der Waals surface area contributed by atoms with Gasteiger partial charge in [0.05, 0.1) is 5.32 Å². The van der Waals surface area contributed by atoms with E-state index in [9.17, 15) is 4.80 Å². The molecule has 0 atom stereocenters. The Kier molecular flexibility index (Phi) is 10.0. The molecule has 0 fully saturated rings. The summed E-state index contributed by atoms with van der Waals surface area (Å²) < 4.78 is 6.55. The molecule has 0 aliphatic carbocycles. The van der Waals surface area contributed by atoms with Crippen LogP contribution >= 0.6 is 0 Å². The van der Waals surface area contributed by atoms with Crippen LogP contribution in [0.25, 0.3) is 0 Å². The number of hydrogen-bond donors (Lipinski definition) is 1. The topological polar surface area (TPSA) is 58.0 Å². The first-order valence-electron chi connectivity index (χ1n) is 17.0. The van der Waals surface area contributed by atoms with Crippen molar-refractivity contribution in [3.63, 3.8) is 0 Å². The number of benzene rings is 6. The maximum absolute atomic E-state index is 12.6. The van der Waals surface area contributed by atoms with Crippen LogP contribution in [0.1, 0.15) is 5.56 Å². The Morgan fingerprint density at radius 2 is 1.23 bits per heavy atom. The molecule has 5 nitrogen and oxygen atoms in total. The van der Waals surface area contributed by atoms with Crippen molar-refractivity contribution in [2.24, 2.45) is 4.99 Å². The number of ether oxygens (including phenoxy) is 1. The van der Waals surface area contributed by atoms with Crippen LogP contribution in [0.3, 0.4) is 0 Å². The fourth-order valence-corrected chi connectivity index (χ4v) is 15.5. The summed E-state index contributed by atoms with van der Waals surface area (Å²) in [4.78, 5) is 23.9. The monoisotopic (exact) mass is 888 g/mol. The van der Waals surface area contributed by atoms with Crippen LogP contribution in [0.4, 0.5) is 11.4 Å². The number of aryl methyl sites for hydroxylation is 1. The Labute approximate surface area is 321 Å². The number of para-hydroxylation sites is 1. The van der Waals surface area contributed by atoms with E-state index in [4.69, 9.17) is 9.72 Å². The summed E-state index contributed by atoms with van der Waals surface area (Å²) in [6, 6.07) is 61.3. The third-order valence-electron chi connectivity index (χ3n) is 9.70. The number of pyridine rings is 1. The van der Waals surface area contributed by atoms with Crippen molar-refractivity contribution in [1.82, 2.24) is 4.98 Å². The molecule has 52 heavy (non-hydrogen) atoms. The van der Waals surface area contributed by atoms with Crippen molar-refractivity contribution in [2.75, 3.05) is 11.9 Å². The molecule has 0 saturated carbocycles. The van der Waals surface area contributed by atoms with Crippen LogP contribution in [0, 0.1) is 13.0 Å². The maximum Gasteiger partial charge on any atom is 2.00 e. The Hall–Kier alpha value is -5.18. The molecule has 8 heteroatoms. The Bertz CT molecular complexity index is 2260. The van der Waals surface area contributed by atoms with Crippen molar-refractivity contribution in [3.05, 3.63) is 181 Å². The van der Waals surface area contributed by atoms with Crippen molar-refractivity contribution < 1.29 is 30.6 Å². The first-order chi connectivity index (χ1) is 25.0. The van der Waals surface area contributed by atoms with E-state index in [2.05, 4.69) is 109 Å². The molecule has 8 rings (SSSR count). The minimum absolute atomic E-state index is 0. The van der Waals surface area contributed by atoms with Gasteiger partial charge in [-0.25, -0.2) is 4.98 Å². The number of anilines is 2. The number of hydrogen-bond acceptors (Lipinski definition) is 4. The van der Waals surface area contributed by atoms with Gasteiger partial charge in [-0.1, -0.05) is 172 Å². The molecule has 0 unspecified atom stereocenters. The largest absolute Gasteiger partial charge is 2.00 e. The van der Waals surface area contributed by atoms with E-state index < -0.39 is 16.4 Å².